The third-order valence-electron chi connectivity index (χ3n) is 2.05. The molecule has 0 radical (unpaired) electrons. The first kappa shape index (κ1) is 18.7. The van der Waals surface area contributed by atoms with Crippen LogP contribution in [0.25, 0.3) is 0 Å². The zero-order valence-electron chi connectivity index (χ0n) is 10.5. The summed E-state index contributed by atoms with van der Waals surface area (Å²) in [5.74, 6) is 0. The molecule has 6 heteroatoms. The Bertz CT molecular complexity index is 229. The third-order valence-corrected chi connectivity index (χ3v) is 3.14. The summed E-state index contributed by atoms with van der Waals surface area (Å²) in [6.07, 6.45) is 8.31. The standard InChI is InChI=1S/C9H21P.CH4O4S/c1-3-5-6-8-9(10)7-4-2;1-5-6(2,3)4/h9H,3-8,10H2,1-2H3;1H3,(H,2,3,4). The zero-order valence-corrected chi connectivity index (χ0v) is 12.4. The van der Waals surface area contributed by atoms with E-state index >= 15 is 0 Å². The van der Waals surface area contributed by atoms with Gasteiger partial charge in [-0.15, -0.1) is 9.24 Å². The molecule has 0 aromatic rings. The van der Waals surface area contributed by atoms with Crippen molar-refractivity contribution in [3.63, 3.8) is 0 Å². The van der Waals surface area contributed by atoms with Gasteiger partial charge in [0.15, 0.2) is 0 Å². The van der Waals surface area contributed by atoms with Gasteiger partial charge in [0.2, 0.25) is 0 Å². The minimum absolute atomic E-state index is 0.870. The van der Waals surface area contributed by atoms with Crippen LogP contribution in [0.15, 0.2) is 0 Å². The summed E-state index contributed by atoms with van der Waals surface area (Å²) in [7, 11) is -0.342. The van der Waals surface area contributed by atoms with Crippen molar-refractivity contribution >= 4 is 19.6 Å². The molecule has 0 saturated heterocycles. The summed E-state index contributed by atoms with van der Waals surface area (Å²) < 4.78 is 29.7. The highest BCUT2D eigenvalue weighted by Crippen LogP contribution is 2.15. The highest BCUT2D eigenvalue weighted by atomic mass is 32.3. The average molecular weight is 272 g/mol. The van der Waals surface area contributed by atoms with Crippen LogP contribution in [0.1, 0.15) is 52.4 Å². The molecule has 4 nitrogen and oxygen atoms in total. The topological polar surface area (TPSA) is 63.6 Å². The summed E-state index contributed by atoms with van der Waals surface area (Å²) in [5.41, 5.74) is 0.886. The molecule has 0 aromatic carbocycles. The summed E-state index contributed by atoms with van der Waals surface area (Å²) in [5, 5.41) is 0. The molecule has 0 heterocycles. The second-order valence-corrected chi connectivity index (χ2v) is 5.77. The summed E-state index contributed by atoms with van der Waals surface area (Å²) in [4.78, 5) is 0. The fourth-order valence-corrected chi connectivity index (χ4v) is 1.74. The maximum atomic E-state index is 9.33. The predicted octanol–water partition coefficient (Wildman–Crippen LogP) is 3.05. The van der Waals surface area contributed by atoms with E-state index in [9.17, 15) is 8.42 Å². The van der Waals surface area contributed by atoms with E-state index in [0.717, 1.165) is 12.8 Å². The SMILES string of the molecule is CCCCCC(P)CCC.COS(=O)(=O)O. The van der Waals surface area contributed by atoms with Crippen molar-refractivity contribution in [2.45, 2.75) is 58.0 Å². The maximum absolute atomic E-state index is 9.33. The van der Waals surface area contributed by atoms with E-state index in [1.807, 2.05) is 0 Å². The molecule has 2 unspecified atom stereocenters. The van der Waals surface area contributed by atoms with Gasteiger partial charge in [-0.25, -0.2) is 0 Å². The smallest absolute Gasteiger partial charge is 0.264 e. The predicted molar refractivity (Wildman–Crippen MR) is 71.1 cm³/mol. The normalized spacial score (nSPS) is 12.8. The molecule has 0 rings (SSSR count). The minimum atomic E-state index is -4.16. The van der Waals surface area contributed by atoms with E-state index in [0.29, 0.717) is 0 Å². The molecular weight excluding hydrogens is 247 g/mol. The van der Waals surface area contributed by atoms with E-state index in [4.69, 9.17) is 4.55 Å². The molecule has 100 valence electrons. The molecule has 0 fully saturated rings. The second kappa shape index (κ2) is 11.8. The first-order valence-corrected chi connectivity index (χ1v) is 7.69. The lowest BCUT2D eigenvalue weighted by atomic mass is 10.1. The summed E-state index contributed by atoms with van der Waals surface area (Å²) in [6, 6.07) is 0. The molecule has 1 N–H and O–H groups in total. The van der Waals surface area contributed by atoms with Crippen LogP contribution in [-0.4, -0.2) is 25.7 Å². The molecule has 0 spiro atoms. The van der Waals surface area contributed by atoms with Gasteiger partial charge >= 0.3 is 10.4 Å². The van der Waals surface area contributed by atoms with Crippen LogP contribution < -0.4 is 0 Å². The summed E-state index contributed by atoms with van der Waals surface area (Å²) >= 11 is 0. The van der Waals surface area contributed by atoms with Crippen LogP contribution in [0.3, 0.4) is 0 Å². The molecule has 0 saturated carbocycles. The molecule has 0 aliphatic rings. The van der Waals surface area contributed by atoms with Gasteiger partial charge in [-0.2, -0.15) is 8.42 Å². The first-order valence-electron chi connectivity index (χ1n) is 5.65. The number of hydrogen-bond donors (Lipinski definition) is 1. The van der Waals surface area contributed by atoms with Gasteiger partial charge in [0, 0.05) is 0 Å². The van der Waals surface area contributed by atoms with Crippen LogP contribution in [0, 0.1) is 0 Å². The van der Waals surface area contributed by atoms with Gasteiger partial charge in [0.1, 0.15) is 0 Å². The van der Waals surface area contributed by atoms with Crippen LogP contribution in [0.5, 0.6) is 0 Å². The highest BCUT2D eigenvalue weighted by molar-refractivity contribution is 7.80. The van der Waals surface area contributed by atoms with Crippen molar-refractivity contribution in [3.8, 4) is 0 Å². The van der Waals surface area contributed by atoms with Gasteiger partial charge in [-0.05, 0) is 18.5 Å². The fraction of sp³-hybridized carbons (Fsp3) is 1.00. The zero-order chi connectivity index (χ0) is 13.0. The number of rotatable bonds is 7. The van der Waals surface area contributed by atoms with Crippen molar-refractivity contribution in [1.29, 1.82) is 0 Å². The molecule has 16 heavy (non-hydrogen) atoms. The Morgan fingerprint density at radius 2 is 1.69 bits per heavy atom. The Labute approximate surface area is 102 Å². The highest BCUT2D eigenvalue weighted by Gasteiger charge is 1.98. The molecule has 0 bridgehead atoms. The molecule has 0 aliphatic carbocycles. The lowest BCUT2D eigenvalue weighted by Gasteiger charge is -2.07. The lowest BCUT2D eigenvalue weighted by molar-refractivity contribution is 0.324. The van der Waals surface area contributed by atoms with E-state index in [1.165, 1.54) is 38.5 Å². The minimum Gasteiger partial charge on any atom is -0.264 e. The molecule has 0 aromatic heterocycles. The van der Waals surface area contributed by atoms with E-state index in [-0.39, 0.29) is 0 Å². The van der Waals surface area contributed by atoms with Crippen molar-refractivity contribution in [1.82, 2.24) is 0 Å². The summed E-state index contributed by atoms with van der Waals surface area (Å²) in [6.45, 7) is 4.52. The van der Waals surface area contributed by atoms with Crippen molar-refractivity contribution in [2.75, 3.05) is 7.11 Å². The second-order valence-electron chi connectivity index (χ2n) is 3.64. The monoisotopic (exact) mass is 272 g/mol. The van der Waals surface area contributed by atoms with E-state index < -0.39 is 10.4 Å². The van der Waals surface area contributed by atoms with Crippen molar-refractivity contribution < 1.29 is 17.2 Å². The van der Waals surface area contributed by atoms with E-state index in [2.05, 4.69) is 27.3 Å². The van der Waals surface area contributed by atoms with Gasteiger partial charge in [-0.1, -0.05) is 39.5 Å². The molecule has 0 amide bonds. The average Bonchev–Trinajstić information content (AvgIpc) is 2.18. The van der Waals surface area contributed by atoms with Crippen molar-refractivity contribution in [3.05, 3.63) is 0 Å². The van der Waals surface area contributed by atoms with Crippen LogP contribution in [0.4, 0.5) is 0 Å². The Kier molecular flexibility index (Phi) is 13.7. The molecular formula is C10H25O4PS. The fourth-order valence-electron chi connectivity index (χ4n) is 1.17. The lowest BCUT2D eigenvalue weighted by Crippen LogP contribution is -1.96. The van der Waals surface area contributed by atoms with Gasteiger partial charge < -0.3 is 0 Å². The Morgan fingerprint density at radius 3 is 2.00 bits per heavy atom. The van der Waals surface area contributed by atoms with Gasteiger partial charge in [0.05, 0.1) is 7.11 Å². The Balaban J connectivity index is 0. The van der Waals surface area contributed by atoms with Crippen molar-refractivity contribution in [2.24, 2.45) is 0 Å². The third kappa shape index (κ3) is 19.8. The van der Waals surface area contributed by atoms with Gasteiger partial charge in [0.25, 0.3) is 0 Å². The number of unbranched alkanes of at least 4 members (excludes halogenated alkanes) is 2. The maximum Gasteiger partial charge on any atom is 0.397 e. The van der Waals surface area contributed by atoms with Crippen LogP contribution in [0.2, 0.25) is 0 Å². The van der Waals surface area contributed by atoms with Gasteiger partial charge in [-0.3, -0.25) is 8.74 Å². The number of hydrogen-bond acceptors (Lipinski definition) is 3. The van der Waals surface area contributed by atoms with E-state index in [1.54, 1.807) is 0 Å². The van der Waals surface area contributed by atoms with Crippen LogP contribution in [-0.2, 0) is 14.6 Å². The first-order chi connectivity index (χ1) is 7.37. The Hall–Kier alpha value is 0.300. The Morgan fingerprint density at radius 1 is 1.19 bits per heavy atom. The van der Waals surface area contributed by atoms with Crippen LogP contribution >= 0.6 is 9.24 Å². The molecule has 0 aliphatic heterocycles. The molecule has 2 atom stereocenters. The largest absolute Gasteiger partial charge is 0.397 e. The quantitative estimate of drug-likeness (QED) is 0.439.